The van der Waals surface area contributed by atoms with Crippen molar-refractivity contribution >= 4 is 35.6 Å². The molecule has 3 rings (SSSR count). The summed E-state index contributed by atoms with van der Waals surface area (Å²) < 4.78 is 4.09. The van der Waals surface area contributed by atoms with E-state index in [9.17, 15) is 0 Å². The fourth-order valence-electron chi connectivity index (χ4n) is 3.17. The van der Waals surface area contributed by atoms with E-state index in [0.717, 1.165) is 68.6 Å². The van der Waals surface area contributed by atoms with Crippen molar-refractivity contribution in [3.63, 3.8) is 0 Å². The molecule has 8 nitrogen and oxygen atoms in total. The third kappa shape index (κ3) is 6.69. The van der Waals surface area contributed by atoms with Gasteiger partial charge in [0.2, 0.25) is 0 Å². The highest BCUT2D eigenvalue weighted by atomic mass is 127. The number of nitrogens with one attached hydrogen (secondary N) is 2. The molecule has 3 aromatic rings. The first-order valence-corrected chi connectivity index (χ1v) is 9.99. The van der Waals surface area contributed by atoms with Crippen molar-refractivity contribution in [2.45, 2.75) is 46.6 Å². The van der Waals surface area contributed by atoms with Crippen molar-refractivity contribution in [3.8, 4) is 0 Å². The summed E-state index contributed by atoms with van der Waals surface area (Å²) in [6, 6.07) is 8.05. The highest BCUT2D eigenvalue weighted by molar-refractivity contribution is 14.0. The maximum Gasteiger partial charge on any atom is 0.191 e. The van der Waals surface area contributed by atoms with E-state index >= 15 is 0 Å². The topological polar surface area (TPSA) is 84.4 Å². The van der Waals surface area contributed by atoms with Gasteiger partial charge in [0.05, 0.1) is 5.69 Å². The lowest BCUT2D eigenvalue weighted by molar-refractivity contribution is 0.567. The number of fused-ring (bicyclic) bond motifs is 1. The van der Waals surface area contributed by atoms with Gasteiger partial charge in [-0.05, 0) is 51.8 Å². The smallest absolute Gasteiger partial charge is 0.191 e. The van der Waals surface area contributed by atoms with Crippen molar-refractivity contribution in [3.05, 3.63) is 47.7 Å². The van der Waals surface area contributed by atoms with Gasteiger partial charge in [-0.1, -0.05) is 6.07 Å². The summed E-state index contributed by atoms with van der Waals surface area (Å²) >= 11 is 0. The molecule has 158 valence electrons. The fraction of sp³-hybridized carbons (Fsp3) is 0.500. The molecule has 0 unspecified atom stereocenters. The number of rotatable bonds is 9. The molecule has 0 aromatic carbocycles. The van der Waals surface area contributed by atoms with Gasteiger partial charge >= 0.3 is 0 Å². The largest absolute Gasteiger partial charge is 0.357 e. The number of aryl methyl sites for hydroxylation is 4. The molecule has 3 heterocycles. The van der Waals surface area contributed by atoms with Crippen LogP contribution in [0.1, 0.15) is 37.0 Å². The van der Waals surface area contributed by atoms with Crippen molar-refractivity contribution in [2.75, 3.05) is 19.6 Å². The molecular weight excluding hydrogens is 479 g/mol. The van der Waals surface area contributed by atoms with Gasteiger partial charge in [0.15, 0.2) is 11.6 Å². The Kier molecular flexibility index (Phi) is 9.36. The molecule has 0 saturated heterocycles. The van der Waals surface area contributed by atoms with E-state index in [-0.39, 0.29) is 24.0 Å². The highest BCUT2D eigenvalue weighted by Crippen LogP contribution is 2.05. The summed E-state index contributed by atoms with van der Waals surface area (Å²) in [5, 5.41) is 19.7. The fourth-order valence-corrected chi connectivity index (χ4v) is 3.17. The molecule has 0 aliphatic rings. The summed E-state index contributed by atoms with van der Waals surface area (Å²) in [6.45, 7) is 9.54. The molecule has 0 aliphatic heterocycles. The normalized spacial score (nSPS) is 11.5. The zero-order valence-electron chi connectivity index (χ0n) is 17.4. The number of hydrogen-bond donors (Lipinski definition) is 2. The average molecular weight is 510 g/mol. The van der Waals surface area contributed by atoms with Crippen LogP contribution < -0.4 is 10.6 Å². The van der Waals surface area contributed by atoms with E-state index in [1.165, 1.54) is 5.69 Å². The predicted molar refractivity (Wildman–Crippen MR) is 127 cm³/mol. The van der Waals surface area contributed by atoms with Crippen LogP contribution in [0.25, 0.3) is 5.65 Å². The van der Waals surface area contributed by atoms with Crippen molar-refractivity contribution < 1.29 is 0 Å². The Morgan fingerprint density at radius 2 is 2.00 bits per heavy atom. The lowest BCUT2D eigenvalue weighted by Crippen LogP contribution is -2.38. The van der Waals surface area contributed by atoms with E-state index < -0.39 is 0 Å². The van der Waals surface area contributed by atoms with E-state index in [4.69, 9.17) is 0 Å². The molecule has 0 fully saturated rings. The molecule has 0 amide bonds. The highest BCUT2D eigenvalue weighted by Gasteiger charge is 2.05. The zero-order valence-corrected chi connectivity index (χ0v) is 19.8. The van der Waals surface area contributed by atoms with Crippen LogP contribution in [0.4, 0.5) is 0 Å². The number of halogens is 1. The first kappa shape index (κ1) is 23.1. The van der Waals surface area contributed by atoms with Crippen LogP contribution >= 0.6 is 24.0 Å². The van der Waals surface area contributed by atoms with Gasteiger partial charge in [0.1, 0.15) is 5.82 Å². The molecule has 3 aromatic heterocycles. The zero-order chi connectivity index (χ0) is 19.8. The second-order valence-electron chi connectivity index (χ2n) is 6.84. The molecule has 0 atom stereocenters. The van der Waals surface area contributed by atoms with Crippen LogP contribution in [0.3, 0.4) is 0 Å². The van der Waals surface area contributed by atoms with E-state index in [0.29, 0.717) is 0 Å². The molecule has 0 bridgehead atoms. The van der Waals surface area contributed by atoms with Crippen LogP contribution in [0.2, 0.25) is 0 Å². The standard InChI is InChI=1S/C20H30N8.HI/c1-4-21-20(23-12-8-14-28-17(3)15-16(2)26-28)22-11-7-10-19-25-24-18-9-5-6-13-27(18)19;/h5-6,9,13,15H,4,7-8,10-12,14H2,1-3H3,(H2,21,22,23);1H. The second kappa shape index (κ2) is 11.7. The van der Waals surface area contributed by atoms with Crippen molar-refractivity contribution in [1.29, 1.82) is 0 Å². The maximum absolute atomic E-state index is 4.67. The minimum absolute atomic E-state index is 0. The predicted octanol–water partition coefficient (Wildman–Crippen LogP) is 2.74. The van der Waals surface area contributed by atoms with Gasteiger partial charge in [-0.25, -0.2) is 0 Å². The molecule has 0 aliphatic carbocycles. The SMILES string of the molecule is CCNC(=NCCCn1nc(C)cc1C)NCCCc1nnc2ccccn12.I. The van der Waals surface area contributed by atoms with Crippen LogP contribution in [0.15, 0.2) is 35.5 Å². The van der Waals surface area contributed by atoms with Gasteiger partial charge in [-0.3, -0.25) is 14.1 Å². The van der Waals surface area contributed by atoms with Gasteiger partial charge in [0, 0.05) is 44.5 Å². The molecule has 9 heteroatoms. The van der Waals surface area contributed by atoms with Crippen LogP contribution in [-0.4, -0.2) is 50.0 Å². The summed E-state index contributed by atoms with van der Waals surface area (Å²) in [5.74, 6) is 1.85. The van der Waals surface area contributed by atoms with Gasteiger partial charge in [-0.15, -0.1) is 34.2 Å². The number of pyridine rings is 1. The molecule has 2 N–H and O–H groups in total. The van der Waals surface area contributed by atoms with Crippen LogP contribution in [0, 0.1) is 13.8 Å². The Labute approximate surface area is 189 Å². The Balaban J connectivity index is 0.00000300. The van der Waals surface area contributed by atoms with E-state index in [1.807, 2.05) is 40.4 Å². The molecule has 29 heavy (non-hydrogen) atoms. The summed E-state index contributed by atoms with van der Waals surface area (Å²) in [4.78, 5) is 4.67. The Morgan fingerprint density at radius 3 is 2.76 bits per heavy atom. The lowest BCUT2D eigenvalue weighted by Gasteiger charge is -2.11. The third-order valence-electron chi connectivity index (χ3n) is 4.50. The summed E-state index contributed by atoms with van der Waals surface area (Å²) in [7, 11) is 0. The minimum atomic E-state index is 0. The maximum atomic E-state index is 4.67. The Morgan fingerprint density at radius 1 is 1.14 bits per heavy atom. The van der Waals surface area contributed by atoms with Crippen LogP contribution in [-0.2, 0) is 13.0 Å². The first-order chi connectivity index (χ1) is 13.7. The third-order valence-corrected chi connectivity index (χ3v) is 4.50. The number of aliphatic imine (C=N–C) groups is 1. The number of aromatic nitrogens is 5. The Hall–Kier alpha value is -2.17. The lowest BCUT2D eigenvalue weighted by atomic mass is 10.3. The van der Waals surface area contributed by atoms with Crippen LogP contribution in [0.5, 0.6) is 0 Å². The number of hydrogen-bond acceptors (Lipinski definition) is 4. The summed E-state index contributed by atoms with van der Waals surface area (Å²) in [5.41, 5.74) is 3.16. The van der Waals surface area contributed by atoms with Gasteiger partial charge in [-0.2, -0.15) is 5.10 Å². The molecule has 0 spiro atoms. The Bertz CT molecular complexity index is 914. The van der Waals surface area contributed by atoms with Gasteiger partial charge < -0.3 is 10.6 Å². The number of guanidine groups is 1. The molecular formula is C20H31IN8. The minimum Gasteiger partial charge on any atom is -0.357 e. The van der Waals surface area contributed by atoms with Crippen molar-refractivity contribution in [2.24, 2.45) is 4.99 Å². The molecule has 0 saturated carbocycles. The molecule has 0 radical (unpaired) electrons. The van der Waals surface area contributed by atoms with Crippen molar-refractivity contribution in [1.82, 2.24) is 35.0 Å². The van der Waals surface area contributed by atoms with E-state index in [2.05, 4.69) is 50.8 Å². The van der Waals surface area contributed by atoms with E-state index in [1.54, 1.807) is 0 Å². The second-order valence-corrected chi connectivity index (χ2v) is 6.84. The van der Waals surface area contributed by atoms with Gasteiger partial charge in [0.25, 0.3) is 0 Å². The monoisotopic (exact) mass is 510 g/mol. The number of nitrogens with zero attached hydrogens (tertiary/aromatic N) is 6. The average Bonchev–Trinajstić information content (AvgIpc) is 3.24. The quantitative estimate of drug-likeness (QED) is 0.200. The summed E-state index contributed by atoms with van der Waals surface area (Å²) in [6.07, 6.45) is 4.80. The first-order valence-electron chi connectivity index (χ1n) is 9.99.